The number of carbonyl (C=O) groups excluding carboxylic acids is 2. The number of oxime groups is 1. The Morgan fingerprint density at radius 1 is 1.50 bits per heavy atom. The van der Waals surface area contributed by atoms with Gasteiger partial charge in [-0.25, -0.2) is 14.6 Å². The van der Waals surface area contributed by atoms with Crippen molar-refractivity contribution < 1.29 is 23.9 Å². The van der Waals surface area contributed by atoms with Crippen LogP contribution in [-0.4, -0.2) is 49.5 Å². The van der Waals surface area contributed by atoms with Crippen molar-refractivity contribution in [1.29, 1.82) is 0 Å². The molecular weight excluding hydrogens is 310 g/mol. The van der Waals surface area contributed by atoms with Gasteiger partial charge in [-0.3, -0.25) is 5.32 Å². The highest BCUT2D eigenvalue weighted by Gasteiger charge is 2.19. The van der Waals surface area contributed by atoms with Crippen LogP contribution in [0.2, 0.25) is 0 Å². The highest BCUT2D eigenvalue weighted by atomic mass is 35.5. The van der Waals surface area contributed by atoms with Crippen molar-refractivity contribution in [2.45, 2.75) is 0 Å². The summed E-state index contributed by atoms with van der Waals surface area (Å²) in [7, 11) is 2.50. The molecule has 8 nitrogen and oxygen atoms in total. The Morgan fingerprint density at radius 2 is 2.25 bits per heavy atom. The lowest BCUT2D eigenvalue weighted by molar-refractivity contribution is -0.132. The summed E-state index contributed by atoms with van der Waals surface area (Å²) in [5.74, 6) is -0.503. The first-order chi connectivity index (χ1) is 9.62. The molecule has 1 N–H and O–H groups in total. The minimum absolute atomic E-state index is 0.0875. The van der Waals surface area contributed by atoms with E-state index >= 15 is 0 Å². The van der Waals surface area contributed by atoms with Gasteiger partial charge in [0.2, 0.25) is 5.71 Å². The summed E-state index contributed by atoms with van der Waals surface area (Å²) >= 11 is 6.47. The molecule has 0 unspecified atom stereocenters. The van der Waals surface area contributed by atoms with E-state index in [1.807, 2.05) is 0 Å². The lowest BCUT2D eigenvalue weighted by atomic mass is 10.3. The van der Waals surface area contributed by atoms with Crippen molar-refractivity contribution in [1.82, 2.24) is 4.98 Å². The number of nitrogens with one attached hydrogen (secondary N) is 1. The summed E-state index contributed by atoms with van der Waals surface area (Å²) in [6.07, 6.45) is -0.685. The summed E-state index contributed by atoms with van der Waals surface area (Å²) < 4.78 is 9.27. The van der Waals surface area contributed by atoms with Gasteiger partial charge in [0.1, 0.15) is 19.4 Å². The molecule has 0 aromatic carbocycles. The first-order valence-corrected chi connectivity index (χ1v) is 6.69. The number of hydrogen-bond acceptors (Lipinski definition) is 8. The molecule has 0 aliphatic rings. The zero-order chi connectivity index (χ0) is 15.0. The largest absolute Gasteiger partial charge is 0.464 e. The molecule has 20 heavy (non-hydrogen) atoms. The van der Waals surface area contributed by atoms with E-state index in [0.717, 1.165) is 11.3 Å². The molecule has 0 saturated heterocycles. The van der Waals surface area contributed by atoms with Crippen molar-refractivity contribution in [2.24, 2.45) is 5.16 Å². The summed E-state index contributed by atoms with van der Waals surface area (Å²) in [5.41, 5.74) is 0.116. The van der Waals surface area contributed by atoms with E-state index < -0.39 is 12.1 Å². The van der Waals surface area contributed by atoms with Crippen molar-refractivity contribution >= 4 is 45.8 Å². The molecular formula is C10H12ClN3O5S. The van der Waals surface area contributed by atoms with Crippen LogP contribution in [0, 0.1) is 0 Å². The van der Waals surface area contributed by atoms with E-state index in [1.54, 1.807) is 0 Å². The van der Waals surface area contributed by atoms with Crippen molar-refractivity contribution in [3.05, 3.63) is 11.1 Å². The second-order valence-electron chi connectivity index (χ2n) is 3.10. The quantitative estimate of drug-likeness (QED) is 0.368. The molecule has 1 aromatic rings. The van der Waals surface area contributed by atoms with Crippen LogP contribution >= 0.6 is 22.9 Å². The number of thiazole rings is 1. The predicted molar refractivity (Wildman–Crippen MR) is 73.4 cm³/mol. The number of aromatic nitrogens is 1. The van der Waals surface area contributed by atoms with E-state index in [1.165, 1.54) is 19.6 Å². The maximum atomic E-state index is 11.5. The van der Waals surface area contributed by atoms with E-state index in [2.05, 4.69) is 25.0 Å². The number of halogens is 1. The number of methoxy groups -OCH3 is 1. The lowest BCUT2D eigenvalue weighted by Crippen LogP contribution is -2.18. The Kier molecular flexibility index (Phi) is 6.74. The van der Waals surface area contributed by atoms with E-state index in [9.17, 15) is 9.59 Å². The normalized spacial score (nSPS) is 10.8. The third-order valence-corrected chi connectivity index (χ3v) is 2.74. The van der Waals surface area contributed by atoms with Gasteiger partial charge >= 0.3 is 12.1 Å². The number of carbonyl (C=O) groups is 2. The van der Waals surface area contributed by atoms with Gasteiger partial charge in [-0.2, -0.15) is 0 Å². The van der Waals surface area contributed by atoms with Crippen LogP contribution < -0.4 is 5.32 Å². The SMILES string of the molecule is CO/N=C(\C(=O)OC)c1csc(NC(=O)OCCCl)n1. The average Bonchev–Trinajstić information content (AvgIpc) is 2.89. The molecule has 0 radical (unpaired) electrons. The Bertz CT molecular complexity index is 505. The Balaban J connectivity index is 2.77. The van der Waals surface area contributed by atoms with Crippen molar-refractivity contribution in [3.8, 4) is 0 Å². The number of hydrogen-bond donors (Lipinski definition) is 1. The third kappa shape index (κ3) is 4.67. The fraction of sp³-hybridized carbons (Fsp3) is 0.400. The Morgan fingerprint density at radius 3 is 2.85 bits per heavy atom. The number of amides is 1. The highest BCUT2D eigenvalue weighted by molar-refractivity contribution is 7.14. The van der Waals surface area contributed by atoms with Gasteiger partial charge in [0, 0.05) is 5.38 Å². The number of ether oxygens (including phenoxy) is 2. The molecule has 10 heteroatoms. The van der Waals surface area contributed by atoms with Gasteiger partial charge in [0.05, 0.1) is 13.0 Å². The first kappa shape index (κ1) is 16.2. The molecule has 1 heterocycles. The fourth-order valence-corrected chi connectivity index (χ4v) is 1.83. The Labute approximate surface area is 123 Å². The second-order valence-corrected chi connectivity index (χ2v) is 4.34. The predicted octanol–water partition coefficient (Wildman–Crippen LogP) is 1.45. The zero-order valence-electron chi connectivity index (χ0n) is 10.7. The number of esters is 1. The van der Waals surface area contributed by atoms with Crippen LogP contribution in [0.4, 0.5) is 9.93 Å². The molecule has 0 aliphatic heterocycles. The molecule has 1 rings (SSSR count). The zero-order valence-corrected chi connectivity index (χ0v) is 12.3. The Hall–Kier alpha value is -1.87. The number of anilines is 1. The fourth-order valence-electron chi connectivity index (χ4n) is 1.07. The van der Waals surface area contributed by atoms with Crippen LogP contribution in [0.5, 0.6) is 0 Å². The maximum absolute atomic E-state index is 11.5. The second kappa shape index (κ2) is 8.33. The molecule has 0 bridgehead atoms. The summed E-state index contributed by atoms with van der Waals surface area (Å²) in [6.45, 7) is 0.0875. The summed E-state index contributed by atoms with van der Waals surface area (Å²) in [6, 6.07) is 0. The van der Waals surface area contributed by atoms with Gasteiger partial charge in [-0.1, -0.05) is 5.16 Å². The summed E-state index contributed by atoms with van der Waals surface area (Å²) in [5, 5.41) is 7.69. The molecule has 110 valence electrons. The molecule has 0 fully saturated rings. The van der Waals surface area contributed by atoms with Crippen molar-refractivity contribution in [3.63, 3.8) is 0 Å². The minimum atomic E-state index is -0.701. The van der Waals surface area contributed by atoms with Crippen LogP contribution in [0.3, 0.4) is 0 Å². The molecule has 0 saturated carbocycles. The lowest BCUT2D eigenvalue weighted by Gasteiger charge is -2.02. The van der Waals surface area contributed by atoms with Gasteiger partial charge in [-0.15, -0.1) is 22.9 Å². The standard InChI is InChI=1S/C10H12ClN3O5S/c1-17-8(15)7(14-18-2)6-5-20-9(12-6)13-10(16)19-4-3-11/h5H,3-4H2,1-2H3,(H,12,13,16)/b14-7-. The topological polar surface area (TPSA) is 99.1 Å². The first-order valence-electron chi connectivity index (χ1n) is 5.27. The van der Waals surface area contributed by atoms with E-state index in [4.69, 9.17) is 16.3 Å². The van der Waals surface area contributed by atoms with Crippen LogP contribution in [0.1, 0.15) is 5.69 Å². The molecule has 0 spiro atoms. The number of alkyl halides is 1. The smallest absolute Gasteiger partial charge is 0.413 e. The summed E-state index contributed by atoms with van der Waals surface area (Å²) in [4.78, 5) is 31.3. The third-order valence-electron chi connectivity index (χ3n) is 1.83. The van der Waals surface area contributed by atoms with Crippen LogP contribution in [-0.2, 0) is 19.1 Å². The number of nitrogens with zero attached hydrogens (tertiary/aromatic N) is 2. The molecule has 1 amide bonds. The highest BCUT2D eigenvalue weighted by Crippen LogP contribution is 2.17. The monoisotopic (exact) mass is 321 g/mol. The van der Waals surface area contributed by atoms with E-state index in [-0.39, 0.29) is 29.0 Å². The van der Waals surface area contributed by atoms with Gasteiger partial charge in [0.25, 0.3) is 0 Å². The van der Waals surface area contributed by atoms with Crippen LogP contribution in [0.15, 0.2) is 10.5 Å². The molecule has 1 aromatic heterocycles. The molecule has 0 atom stereocenters. The van der Waals surface area contributed by atoms with Gasteiger partial charge in [0.15, 0.2) is 5.13 Å². The maximum Gasteiger partial charge on any atom is 0.413 e. The van der Waals surface area contributed by atoms with E-state index in [0.29, 0.717) is 0 Å². The van der Waals surface area contributed by atoms with Crippen molar-refractivity contribution in [2.75, 3.05) is 32.0 Å². The van der Waals surface area contributed by atoms with Crippen LogP contribution in [0.25, 0.3) is 0 Å². The average molecular weight is 322 g/mol. The number of rotatable bonds is 6. The van der Waals surface area contributed by atoms with Gasteiger partial charge in [-0.05, 0) is 0 Å². The van der Waals surface area contributed by atoms with Gasteiger partial charge < -0.3 is 14.3 Å². The minimum Gasteiger partial charge on any atom is -0.464 e. The molecule has 0 aliphatic carbocycles.